The fourth-order valence-electron chi connectivity index (χ4n) is 3.24. The molecule has 0 saturated carbocycles. The maximum absolute atomic E-state index is 12.8. The lowest BCUT2D eigenvalue weighted by atomic mass is 10.1. The van der Waals surface area contributed by atoms with Crippen LogP contribution in [-0.2, 0) is 11.3 Å². The van der Waals surface area contributed by atoms with Gasteiger partial charge in [-0.1, -0.05) is 56.3 Å². The van der Waals surface area contributed by atoms with Gasteiger partial charge in [-0.3, -0.25) is 4.79 Å². The van der Waals surface area contributed by atoms with E-state index in [9.17, 15) is 4.79 Å². The molecule has 4 aromatic rings. The number of hydrogen-bond acceptors (Lipinski definition) is 4. The van der Waals surface area contributed by atoms with Crippen molar-refractivity contribution in [2.24, 2.45) is 5.92 Å². The first kappa shape index (κ1) is 17.1. The molecular formula is C21H21N5O. The first-order chi connectivity index (χ1) is 13.1. The predicted octanol–water partition coefficient (Wildman–Crippen LogP) is 3.78. The lowest BCUT2D eigenvalue weighted by Gasteiger charge is -2.23. The summed E-state index contributed by atoms with van der Waals surface area (Å²) in [6.45, 7) is 6.08. The van der Waals surface area contributed by atoms with Gasteiger partial charge in [-0.15, -0.1) is 10.2 Å². The van der Waals surface area contributed by atoms with Crippen LogP contribution in [0.15, 0.2) is 54.6 Å². The molecule has 0 spiro atoms. The summed E-state index contributed by atoms with van der Waals surface area (Å²) in [6.07, 6.45) is 0. The van der Waals surface area contributed by atoms with E-state index in [1.54, 1.807) is 9.42 Å². The first-order valence-electron chi connectivity index (χ1n) is 9.02. The number of aryl methyl sites for hydroxylation is 1. The van der Waals surface area contributed by atoms with Crippen LogP contribution in [0.2, 0.25) is 0 Å². The van der Waals surface area contributed by atoms with Gasteiger partial charge in [-0.2, -0.15) is 9.61 Å². The minimum Gasteiger partial charge on any atom is -0.304 e. The Kier molecular flexibility index (Phi) is 4.32. The van der Waals surface area contributed by atoms with Gasteiger partial charge >= 0.3 is 0 Å². The molecule has 0 atom stereocenters. The summed E-state index contributed by atoms with van der Waals surface area (Å²) in [5.74, 6) is 0.548. The zero-order chi connectivity index (χ0) is 19.0. The fourth-order valence-corrected chi connectivity index (χ4v) is 3.24. The van der Waals surface area contributed by atoms with Gasteiger partial charge in [0.25, 0.3) is 0 Å². The molecule has 0 bridgehead atoms. The highest BCUT2D eigenvalue weighted by molar-refractivity contribution is 5.95. The first-order valence-corrected chi connectivity index (χ1v) is 9.02. The number of carbonyl (C=O) groups is 1. The van der Waals surface area contributed by atoms with Gasteiger partial charge in [0.2, 0.25) is 5.91 Å². The molecule has 0 aliphatic carbocycles. The zero-order valence-corrected chi connectivity index (χ0v) is 15.6. The van der Waals surface area contributed by atoms with Crippen LogP contribution < -0.4 is 4.90 Å². The number of carbonyl (C=O) groups excluding carboxylic acids is 1. The Bertz CT molecular complexity index is 1120. The predicted molar refractivity (Wildman–Crippen MR) is 105 cm³/mol. The minimum atomic E-state index is -0.125. The van der Waals surface area contributed by atoms with E-state index in [2.05, 4.69) is 15.3 Å². The molecule has 27 heavy (non-hydrogen) atoms. The third-order valence-corrected chi connectivity index (χ3v) is 4.64. The maximum atomic E-state index is 12.8. The number of aromatic nitrogens is 4. The number of nitrogens with zero attached hydrogens (tertiary/aromatic N) is 5. The van der Waals surface area contributed by atoms with Gasteiger partial charge in [0.1, 0.15) is 0 Å². The molecule has 0 aliphatic rings. The second-order valence-electron chi connectivity index (χ2n) is 6.90. The Labute approximate surface area is 157 Å². The summed E-state index contributed by atoms with van der Waals surface area (Å²) in [5.41, 5.74) is 2.45. The van der Waals surface area contributed by atoms with E-state index in [4.69, 9.17) is 0 Å². The van der Waals surface area contributed by atoms with Crippen molar-refractivity contribution < 1.29 is 4.79 Å². The molecular weight excluding hydrogens is 338 g/mol. The van der Waals surface area contributed by atoms with Crippen LogP contribution in [-0.4, -0.2) is 25.7 Å². The third-order valence-electron chi connectivity index (χ3n) is 4.64. The maximum Gasteiger partial charge on any atom is 0.229 e. The monoisotopic (exact) mass is 359 g/mol. The summed E-state index contributed by atoms with van der Waals surface area (Å²) in [7, 11) is 0. The van der Waals surface area contributed by atoms with Crippen LogP contribution in [0.3, 0.4) is 0 Å². The summed E-state index contributed by atoms with van der Waals surface area (Å²) in [6, 6.07) is 17.7. The average molecular weight is 359 g/mol. The molecule has 0 unspecified atom stereocenters. The van der Waals surface area contributed by atoms with E-state index < -0.39 is 0 Å². The Morgan fingerprint density at radius 3 is 2.37 bits per heavy atom. The summed E-state index contributed by atoms with van der Waals surface area (Å²) >= 11 is 0. The molecule has 2 aromatic heterocycles. The fraction of sp³-hybridized carbons (Fsp3) is 0.238. The van der Waals surface area contributed by atoms with Gasteiger partial charge in [0.15, 0.2) is 11.5 Å². The van der Waals surface area contributed by atoms with Crippen molar-refractivity contribution in [2.75, 3.05) is 4.90 Å². The van der Waals surface area contributed by atoms with Crippen LogP contribution in [0.4, 0.5) is 5.69 Å². The Hall–Kier alpha value is -3.28. The molecule has 0 fully saturated rings. The molecule has 0 radical (unpaired) electrons. The van der Waals surface area contributed by atoms with Crippen molar-refractivity contribution in [1.82, 2.24) is 19.8 Å². The topological polar surface area (TPSA) is 63.4 Å². The van der Waals surface area contributed by atoms with Crippen molar-refractivity contribution >= 4 is 28.0 Å². The molecule has 0 saturated heterocycles. The molecule has 0 aliphatic heterocycles. The minimum absolute atomic E-state index is 0.0375. The van der Waals surface area contributed by atoms with Gasteiger partial charge in [0, 0.05) is 22.4 Å². The second-order valence-corrected chi connectivity index (χ2v) is 6.90. The Morgan fingerprint density at radius 2 is 1.67 bits per heavy atom. The Balaban J connectivity index is 1.82. The van der Waals surface area contributed by atoms with E-state index in [0.29, 0.717) is 18.0 Å². The number of para-hydroxylation sites is 1. The van der Waals surface area contributed by atoms with E-state index >= 15 is 0 Å². The molecule has 136 valence electrons. The second kappa shape index (κ2) is 6.79. The number of anilines is 1. The van der Waals surface area contributed by atoms with Gasteiger partial charge < -0.3 is 4.90 Å². The number of fused-ring (bicyclic) bond motifs is 3. The summed E-state index contributed by atoms with van der Waals surface area (Å²) in [4.78, 5) is 14.6. The number of benzene rings is 2. The highest BCUT2D eigenvalue weighted by atomic mass is 16.2. The summed E-state index contributed by atoms with van der Waals surface area (Å²) in [5, 5.41) is 15.4. The lowest BCUT2D eigenvalue weighted by Crippen LogP contribution is -2.34. The van der Waals surface area contributed by atoms with Crippen LogP contribution in [0.25, 0.3) is 16.4 Å². The average Bonchev–Trinajstić information content (AvgIpc) is 3.09. The van der Waals surface area contributed by atoms with E-state index in [0.717, 1.165) is 22.2 Å². The largest absolute Gasteiger partial charge is 0.304 e. The normalized spacial score (nSPS) is 11.4. The molecule has 1 amide bonds. The Morgan fingerprint density at radius 1 is 1.00 bits per heavy atom. The molecule has 2 heterocycles. The quantitative estimate of drug-likeness (QED) is 0.556. The highest BCUT2D eigenvalue weighted by Gasteiger charge is 2.22. The van der Waals surface area contributed by atoms with Crippen LogP contribution in [0.1, 0.15) is 25.4 Å². The highest BCUT2D eigenvalue weighted by Crippen LogP contribution is 2.23. The number of rotatable bonds is 4. The van der Waals surface area contributed by atoms with Crippen LogP contribution in [0, 0.1) is 12.8 Å². The van der Waals surface area contributed by atoms with Crippen molar-refractivity contribution in [2.45, 2.75) is 27.3 Å². The third kappa shape index (κ3) is 3.03. The van der Waals surface area contributed by atoms with Crippen molar-refractivity contribution in [3.05, 3.63) is 66.1 Å². The zero-order valence-electron chi connectivity index (χ0n) is 15.6. The van der Waals surface area contributed by atoms with E-state index in [-0.39, 0.29) is 11.8 Å². The molecule has 4 rings (SSSR count). The van der Waals surface area contributed by atoms with Crippen molar-refractivity contribution in [3.63, 3.8) is 0 Å². The van der Waals surface area contributed by atoms with Crippen molar-refractivity contribution in [1.29, 1.82) is 0 Å². The SMILES string of the molecule is Cc1nn2c(CN(C(=O)C(C)C)c3ccccc3)nnc2c2ccccc12. The van der Waals surface area contributed by atoms with E-state index in [1.807, 2.05) is 75.4 Å². The van der Waals surface area contributed by atoms with Crippen LogP contribution >= 0.6 is 0 Å². The van der Waals surface area contributed by atoms with Crippen LogP contribution in [0.5, 0.6) is 0 Å². The summed E-state index contributed by atoms with van der Waals surface area (Å²) < 4.78 is 1.75. The van der Waals surface area contributed by atoms with Gasteiger partial charge in [-0.05, 0) is 19.1 Å². The lowest BCUT2D eigenvalue weighted by molar-refractivity contribution is -0.121. The molecule has 0 N–H and O–H groups in total. The van der Waals surface area contributed by atoms with Crippen molar-refractivity contribution in [3.8, 4) is 0 Å². The van der Waals surface area contributed by atoms with Gasteiger partial charge in [-0.25, -0.2) is 0 Å². The number of hydrogen-bond donors (Lipinski definition) is 0. The standard InChI is InChI=1S/C21H21N5O/c1-14(2)21(27)25(16-9-5-4-6-10-16)13-19-22-23-20-18-12-8-7-11-17(18)15(3)24-26(19)20/h4-12,14H,13H2,1-3H3. The number of amides is 1. The van der Waals surface area contributed by atoms with Gasteiger partial charge in [0.05, 0.1) is 12.2 Å². The molecule has 6 heteroatoms. The smallest absolute Gasteiger partial charge is 0.229 e. The van der Waals surface area contributed by atoms with E-state index in [1.165, 1.54) is 0 Å². The molecule has 2 aromatic carbocycles. The molecule has 6 nitrogen and oxygen atoms in total.